The molecule has 28 heavy (non-hydrogen) atoms. The molecule has 1 aromatic rings. The van der Waals surface area contributed by atoms with Crippen molar-refractivity contribution in [2.75, 3.05) is 13.2 Å². The van der Waals surface area contributed by atoms with Gasteiger partial charge in [-0.25, -0.2) is 0 Å². The summed E-state index contributed by atoms with van der Waals surface area (Å²) in [7, 11) is 0. The third kappa shape index (κ3) is 6.21. The quantitative estimate of drug-likeness (QED) is 0.489. The highest BCUT2D eigenvalue weighted by Crippen LogP contribution is 2.37. The average Bonchev–Trinajstić information content (AvgIpc) is 2.59. The first-order chi connectivity index (χ1) is 13.1. The van der Waals surface area contributed by atoms with Crippen molar-refractivity contribution in [1.29, 1.82) is 0 Å². The van der Waals surface area contributed by atoms with Gasteiger partial charge in [-0.3, -0.25) is 10.1 Å². The van der Waals surface area contributed by atoms with Crippen molar-refractivity contribution in [2.24, 2.45) is 0 Å². The zero-order valence-electron chi connectivity index (χ0n) is 18.5. The van der Waals surface area contributed by atoms with E-state index in [1.54, 1.807) is 0 Å². The van der Waals surface area contributed by atoms with Crippen molar-refractivity contribution in [3.63, 3.8) is 0 Å². The van der Waals surface area contributed by atoms with E-state index >= 15 is 0 Å². The van der Waals surface area contributed by atoms with Crippen LogP contribution in [0.15, 0.2) is 24.3 Å². The van der Waals surface area contributed by atoms with E-state index in [0.29, 0.717) is 26.0 Å². The van der Waals surface area contributed by atoms with Crippen LogP contribution in [0.2, 0.25) is 0 Å². The molecule has 0 aliphatic carbocycles. The summed E-state index contributed by atoms with van der Waals surface area (Å²) in [6, 6.07) is 8.12. The molecule has 0 atom stereocenters. The first-order valence-corrected chi connectivity index (χ1v) is 10.5. The highest BCUT2D eigenvalue weighted by atomic mass is 16.5. The van der Waals surface area contributed by atoms with Crippen molar-refractivity contribution in [3.05, 3.63) is 29.8 Å². The first-order valence-electron chi connectivity index (χ1n) is 10.5. The number of nitrogens with one attached hydrogen (secondary N) is 2. The Hall–Kier alpha value is -1.59. The summed E-state index contributed by atoms with van der Waals surface area (Å²) in [5.41, 5.74) is 0.0855. The number of ether oxygens (including phenoxy) is 2. The zero-order valence-corrected chi connectivity index (χ0v) is 18.5. The molecule has 0 aromatic heterocycles. The summed E-state index contributed by atoms with van der Waals surface area (Å²) < 4.78 is 11.2. The van der Waals surface area contributed by atoms with Crippen LogP contribution in [-0.2, 0) is 16.1 Å². The molecule has 0 unspecified atom stereocenters. The third-order valence-corrected chi connectivity index (χ3v) is 5.15. The fourth-order valence-corrected chi connectivity index (χ4v) is 4.50. The molecule has 2 N–H and O–H groups in total. The van der Waals surface area contributed by atoms with Gasteiger partial charge >= 0.3 is 5.97 Å². The fourth-order valence-electron chi connectivity index (χ4n) is 4.50. The van der Waals surface area contributed by atoms with Gasteiger partial charge in [-0.05, 0) is 71.6 Å². The van der Waals surface area contributed by atoms with E-state index in [-0.39, 0.29) is 17.0 Å². The Morgan fingerprint density at radius 2 is 1.68 bits per heavy atom. The van der Waals surface area contributed by atoms with Gasteiger partial charge in [0.2, 0.25) is 0 Å². The molecular formula is C23H38N2O3. The van der Waals surface area contributed by atoms with Crippen molar-refractivity contribution in [1.82, 2.24) is 10.6 Å². The van der Waals surface area contributed by atoms with Crippen LogP contribution in [0, 0.1) is 0 Å². The molecular weight excluding hydrogens is 352 g/mol. The minimum atomic E-state index is -0.704. The topological polar surface area (TPSA) is 59.6 Å². The second kappa shape index (κ2) is 9.27. The number of carbonyl (C=O) groups excluding carboxylic acids is 1. The maximum atomic E-state index is 13.0. The molecule has 1 aromatic carbocycles. The van der Waals surface area contributed by atoms with E-state index in [4.69, 9.17) is 9.47 Å². The molecule has 1 aliphatic rings. The largest absolute Gasteiger partial charge is 0.494 e. The Balaban J connectivity index is 2.12. The van der Waals surface area contributed by atoms with E-state index in [2.05, 4.69) is 57.4 Å². The minimum Gasteiger partial charge on any atom is -0.494 e. The van der Waals surface area contributed by atoms with Crippen molar-refractivity contribution in [2.45, 2.75) is 90.4 Å². The van der Waals surface area contributed by atoms with Crippen LogP contribution < -0.4 is 15.4 Å². The van der Waals surface area contributed by atoms with Gasteiger partial charge in [0.15, 0.2) is 0 Å². The van der Waals surface area contributed by atoms with Crippen molar-refractivity contribution >= 4 is 5.97 Å². The lowest BCUT2D eigenvalue weighted by Crippen LogP contribution is -2.70. The lowest BCUT2D eigenvalue weighted by molar-refractivity contribution is -0.156. The normalized spacial score (nSPS) is 19.8. The van der Waals surface area contributed by atoms with Crippen LogP contribution >= 0.6 is 0 Å². The van der Waals surface area contributed by atoms with E-state index in [0.717, 1.165) is 30.8 Å². The summed E-state index contributed by atoms with van der Waals surface area (Å²) >= 11 is 0. The van der Waals surface area contributed by atoms with Crippen LogP contribution in [0.1, 0.15) is 72.8 Å². The van der Waals surface area contributed by atoms with Gasteiger partial charge < -0.3 is 14.8 Å². The Morgan fingerprint density at radius 3 is 2.21 bits per heavy atom. The molecule has 5 heteroatoms. The summed E-state index contributed by atoms with van der Waals surface area (Å²) in [6.45, 7) is 14.3. The summed E-state index contributed by atoms with van der Waals surface area (Å²) in [5, 5.41) is 7.21. The molecule has 2 rings (SSSR count). The standard InChI is InChI=1S/C23H38N2O3/c1-7-9-14-28-19-12-10-18(11-13-19)15-24-23(20(26)27-8-2)16-21(3,4)25-22(5,6)17-23/h10-13,24-25H,7-9,14-17H2,1-6H3. The van der Waals surface area contributed by atoms with Gasteiger partial charge in [0.05, 0.1) is 13.2 Å². The summed E-state index contributed by atoms with van der Waals surface area (Å²) in [5.74, 6) is 0.735. The molecule has 1 heterocycles. The van der Waals surface area contributed by atoms with Gasteiger partial charge in [0, 0.05) is 17.6 Å². The molecule has 0 amide bonds. The molecule has 1 fully saturated rings. The van der Waals surface area contributed by atoms with Crippen molar-refractivity contribution < 1.29 is 14.3 Å². The smallest absolute Gasteiger partial charge is 0.326 e. The van der Waals surface area contributed by atoms with E-state index < -0.39 is 5.54 Å². The average molecular weight is 391 g/mol. The van der Waals surface area contributed by atoms with E-state index in [1.165, 1.54) is 0 Å². The SMILES string of the molecule is CCCCOc1ccc(CNC2(C(=O)OCC)CC(C)(C)NC(C)(C)C2)cc1. The first kappa shape index (κ1) is 22.7. The molecule has 1 saturated heterocycles. The number of rotatable bonds is 9. The number of hydrogen-bond acceptors (Lipinski definition) is 5. The number of benzene rings is 1. The number of piperidine rings is 1. The molecule has 1 aliphatic heterocycles. The molecule has 0 radical (unpaired) electrons. The van der Waals surface area contributed by atoms with Crippen LogP contribution in [0.3, 0.4) is 0 Å². The van der Waals surface area contributed by atoms with Gasteiger partial charge in [0.25, 0.3) is 0 Å². The number of unbranched alkanes of at least 4 members (excludes halogenated alkanes) is 1. The van der Waals surface area contributed by atoms with Crippen LogP contribution in [-0.4, -0.2) is 35.8 Å². The molecule has 158 valence electrons. The Morgan fingerprint density at radius 1 is 1.07 bits per heavy atom. The third-order valence-electron chi connectivity index (χ3n) is 5.15. The fraction of sp³-hybridized carbons (Fsp3) is 0.696. The lowest BCUT2D eigenvalue weighted by Gasteiger charge is -2.51. The van der Waals surface area contributed by atoms with Gasteiger partial charge in [-0.1, -0.05) is 25.5 Å². The highest BCUT2D eigenvalue weighted by molar-refractivity contribution is 5.81. The number of hydrogen-bond donors (Lipinski definition) is 2. The second-order valence-electron chi connectivity index (χ2n) is 9.25. The van der Waals surface area contributed by atoms with E-state index in [1.807, 2.05) is 19.1 Å². The Bertz CT molecular complexity index is 622. The monoisotopic (exact) mass is 390 g/mol. The Kier molecular flexibility index (Phi) is 7.52. The summed E-state index contributed by atoms with van der Waals surface area (Å²) in [6.07, 6.45) is 3.55. The second-order valence-corrected chi connectivity index (χ2v) is 9.25. The highest BCUT2D eigenvalue weighted by Gasteiger charge is 2.52. The van der Waals surface area contributed by atoms with Crippen LogP contribution in [0.4, 0.5) is 0 Å². The molecule has 0 saturated carbocycles. The number of carbonyl (C=O) groups is 1. The van der Waals surface area contributed by atoms with Crippen molar-refractivity contribution in [3.8, 4) is 5.75 Å². The van der Waals surface area contributed by atoms with Crippen LogP contribution in [0.25, 0.3) is 0 Å². The van der Waals surface area contributed by atoms with Crippen LogP contribution in [0.5, 0.6) is 5.75 Å². The molecule has 5 nitrogen and oxygen atoms in total. The predicted molar refractivity (Wildman–Crippen MR) is 114 cm³/mol. The van der Waals surface area contributed by atoms with E-state index in [9.17, 15) is 4.79 Å². The zero-order chi connectivity index (χ0) is 20.8. The molecule has 0 bridgehead atoms. The lowest BCUT2D eigenvalue weighted by atomic mass is 9.70. The Labute approximate surface area is 170 Å². The van der Waals surface area contributed by atoms with Gasteiger partial charge in [-0.15, -0.1) is 0 Å². The maximum Gasteiger partial charge on any atom is 0.326 e. The maximum absolute atomic E-state index is 13.0. The van der Waals surface area contributed by atoms with Gasteiger partial charge in [-0.2, -0.15) is 0 Å². The minimum absolute atomic E-state index is 0.155. The predicted octanol–water partition coefficient (Wildman–Crippen LogP) is 4.20. The molecule has 0 spiro atoms. The summed E-state index contributed by atoms with van der Waals surface area (Å²) in [4.78, 5) is 13.0. The number of esters is 1. The van der Waals surface area contributed by atoms with Gasteiger partial charge in [0.1, 0.15) is 11.3 Å².